The topological polar surface area (TPSA) is 35.2 Å². The summed E-state index contributed by atoms with van der Waals surface area (Å²) in [6.45, 7) is 1.71. The second-order valence-electron chi connectivity index (χ2n) is 4.03. The molecule has 1 aromatic carbocycles. The lowest BCUT2D eigenvalue weighted by Gasteiger charge is -2.27. The molecule has 15 heavy (non-hydrogen) atoms. The molecule has 82 valence electrons. The zero-order valence-electron chi connectivity index (χ0n) is 8.66. The summed E-state index contributed by atoms with van der Waals surface area (Å²) in [5.74, 6) is 0.569. The fraction of sp³-hybridized carbons (Fsp3) is 0.500. The van der Waals surface area contributed by atoms with Gasteiger partial charge in [0.25, 0.3) is 0 Å². The number of benzene rings is 1. The van der Waals surface area contributed by atoms with Crippen molar-refractivity contribution in [2.24, 2.45) is 11.7 Å². The van der Waals surface area contributed by atoms with Gasteiger partial charge in [-0.25, -0.2) is 0 Å². The van der Waals surface area contributed by atoms with Gasteiger partial charge in [-0.05, 0) is 36.5 Å². The van der Waals surface area contributed by atoms with Gasteiger partial charge in [-0.2, -0.15) is 0 Å². The van der Waals surface area contributed by atoms with E-state index >= 15 is 0 Å². The minimum Gasteiger partial charge on any atom is -0.381 e. The number of hydrogen-bond donors (Lipinski definition) is 1. The summed E-state index contributed by atoms with van der Waals surface area (Å²) in [6.07, 6.45) is 2.16. The summed E-state index contributed by atoms with van der Waals surface area (Å²) in [5, 5.41) is 0. The van der Waals surface area contributed by atoms with Gasteiger partial charge in [0, 0.05) is 23.7 Å². The number of ether oxygens (including phenoxy) is 1. The van der Waals surface area contributed by atoms with Crippen molar-refractivity contribution < 1.29 is 4.74 Å². The van der Waals surface area contributed by atoms with Crippen LogP contribution in [0.3, 0.4) is 0 Å². The van der Waals surface area contributed by atoms with Crippen LogP contribution in [-0.2, 0) is 4.74 Å². The lowest BCUT2D eigenvalue weighted by molar-refractivity contribution is 0.0584. The Hall–Kier alpha value is -0.380. The van der Waals surface area contributed by atoms with Crippen molar-refractivity contribution in [3.63, 3.8) is 0 Å². The molecule has 1 saturated heterocycles. The van der Waals surface area contributed by atoms with Crippen LogP contribution in [0.25, 0.3) is 0 Å². The van der Waals surface area contributed by atoms with Crippen LogP contribution in [0.5, 0.6) is 0 Å². The third-order valence-electron chi connectivity index (χ3n) is 3.03. The maximum absolute atomic E-state index is 6.25. The molecule has 1 aromatic rings. The molecule has 0 amide bonds. The molecule has 0 aromatic heterocycles. The SMILES string of the molecule is NC(c1ccc(Br)cc1)C1CCOCC1. The van der Waals surface area contributed by atoms with Crippen LogP contribution in [0.1, 0.15) is 24.4 Å². The molecule has 1 heterocycles. The minimum absolute atomic E-state index is 0.155. The number of rotatable bonds is 2. The van der Waals surface area contributed by atoms with Crippen molar-refractivity contribution in [1.29, 1.82) is 0 Å². The highest BCUT2D eigenvalue weighted by atomic mass is 79.9. The molecule has 2 N–H and O–H groups in total. The average Bonchev–Trinajstić information content (AvgIpc) is 2.30. The van der Waals surface area contributed by atoms with E-state index in [1.165, 1.54) is 5.56 Å². The second kappa shape index (κ2) is 5.10. The van der Waals surface area contributed by atoms with Crippen molar-refractivity contribution in [1.82, 2.24) is 0 Å². The van der Waals surface area contributed by atoms with Crippen molar-refractivity contribution in [2.75, 3.05) is 13.2 Å². The van der Waals surface area contributed by atoms with Gasteiger partial charge in [-0.1, -0.05) is 28.1 Å². The number of hydrogen-bond acceptors (Lipinski definition) is 2. The van der Waals surface area contributed by atoms with Gasteiger partial charge < -0.3 is 10.5 Å². The Morgan fingerprint density at radius 2 is 1.80 bits per heavy atom. The molecule has 1 atom stereocenters. The van der Waals surface area contributed by atoms with Crippen LogP contribution in [0.2, 0.25) is 0 Å². The third kappa shape index (κ3) is 2.80. The van der Waals surface area contributed by atoms with Gasteiger partial charge in [0.1, 0.15) is 0 Å². The van der Waals surface area contributed by atoms with E-state index < -0.39 is 0 Å². The normalized spacial score (nSPS) is 20.1. The smallest absolute Gasteiger partial charge is 0.0469 e. The molecule has 1 fully saturated rings. The second-order valence-corrected chi connectivity index (χ2v) is 4.94. The lowest BCUT2D eigenvalue weighted by atomic mass is 9.88. The fourth-order valence-corrected chi connectivity index (χ4v) is 2.30. The molecule has 0 spiro atoms. The predicted molar refractivity (Wildman–Crippen MR) is 64.6 cm³/mol. The van der Waals surface area contributed by atoms with Gasteiger partial charge in [0.15, 0.2) is 0 Å². The average molecular weight is 270 g/mol. The van der Waals surface area contributed by atoms with E-state index in [2.05, 4.69) is 40.2 Å². The van der Waals surface area contributed by atoms with Crippen molar-refractivity contribution >= 4 is 15.9 Å². The van der Waals surface area contributed by atoms with Crippen LogP contribution in [-0.4, -0.2) is 13.2 Å². The summed E-state index contributed by atoms with van der Waals surface area (Å²) >= 11 is 3.43. The highest BCUT2D eigenvalue weighted by molar-refractivity contribution is 9.10. The maximum atomic E-state index is 6.25. The molecular weight excluding hydrogens is 254 g/mol. The van der Waals surface area contributed by atoms with Crippen molar-refractivity contribution in [2.45, 2.75) is 18.9 Å². The monoisotopic (exact) mass is 269 g/mol. The Morgan fingerprint density at radius 3 is 2.40 bits per heavy atom. The first-order chi connectivity index (χ1) is 7.27. The van der Waals surface area contributed by atoms with E-state index in [-0.39, 0.29) is 6.04 Å². The fourth-order valence-electron chi connectivity index (χ4n) is 2.03. The van der Waals surface area contributed by atoms with E-state index in [9.17, 15) is 0 Å². The Balaban J connectivity index is 2.05. The Labute approximate surface area is 98.9 Å². The summed E-state index contributed by atoms with van der Waals surface area (Å²) in [7, 11) is 0. The molecule has 0 bridgehead atoms. The van der Waals surface area contributed by atoms with Gasteiger partial charge in [0.05, 0.1) is 0 Å². The number of halogens is 1. The first-order valence-electron chi connectivity index (χ1n) is 5.36. The number of nitrogens with two attached hydrogens (primary N) is 1. The highest BCUT2D eigenvalue weighted by Crippen LogP contribution is 2.28. The zero-order valence-corrected chi connectivity index (χ0v) is 10.2. The minimum atomic E-state index is 0.155. The standard InChI is InChI=1S/C12H16BrNO/c13-11-3-1-9(2-4-11)12(14)10-5-7-15-8-6-10/h1-4,10,12H,5-8,14H2. The van der Waals surface area contributed by atoms with E-state index in [1.807, 2.05) is 0 Å². The van der Waals surface area contributed by atoms with Gasteiger partial charge in [-0.15, -0.1) is 0 Å². The molecule has 0 radical (unpaired) electrons. The van der Waals surface area contributed by atoms with Crippen LogP contribution >= 0.6 is 15.9 Å². The van der Waals surface area contributed by atoms with E-state index in [0.29, 0.717) is 5.92 Å². The Bertz CT molecular complexity index is 306. The predicted octanol–water partition coefficient (Wildman–Crippen LogP) is 2.88. The quantitative estimate of drug-likeness (QED) is 0.896. The summed E-state index contributed by atoms with van der Waals surface area (Å²) in [5.41, 5.74) is 7.48. The largest absolute Gasteiger partial charge is 0.381 e. The molecule has 1 aliphatic heterocycles. The van der Waals surface area contributed by atoms with Gasteiger partial charge in [0.2, 0.25) is 0 Å². The Morgan fingerprint density at radius 1 is 1.20 bits per heavy atom. The molecule has 1 aliphatic rings. The van der Waals surface area contributed by atoms with Crippen LogP contribution in [0.15, 0.2) is 28.7 Å². The molecule has 0 aliphatic carbocycles. The molecule has 0 saturated carbocycles. The molecular formula is C12H16BrNO. The van der Waals surface area contributed by atoms with Crippen LogP contribution < -0.4 is 5.73 Å². The van der Waals surface area contributed by atoms with E-state index in [4.69, 9.17) is 10.5 Å². The molecule has 2 nitrogen and oxygen atoms in total. The van der Waals surface area contributed by atoms with E-state index in [0.717, 1.165) is 30.5 Å². The van der Waals surface area contributed by atoms with E-state index in [1.54, 1.807) is 0 Å². The first kappa shape index (κ1) is 11.1. The molecule has 1 unspecified atom stereocenters. The first-order valence-corrected chi connectivity index (χ1v) is 6.15. The summed E-state index contributed by atoms with van der Waals surface area (Å²) in [6, 6.07) is 8.46. The van der Waals surface area contributed by atoms with Gasteiger partial charge >= 0.3 is 0 Å². The Kier molecular flexibility index (Phi) is 3.78. The van der Waals surface area contributed by atoms with Crippen LogP contribution in [0.4, 0.5) is 0 Å². The summed E-state index contributed by atoms with van der Waals surface area (Å²) in [4.78, 5) is 0. The zero-order chi connectivity index (χ0) is 10.7. The van der Waals surface area contributed by atoms with Crippen molar-refractivity contribution in [3.05, 3.63) is 34.3 Å². The molecule has 3 heteroatoms. The summed E-state index contributed by atoms with van der Waals surface area (Å²) < 4.78 is 6.44. The highest BCUT2D eigenvalue weighted by Gasteiger charge is 2.21. The third-order valence-corrected chi connectivity index (χ3v) is 3.56. The van der Waals surface area contributed by atoms with Gasteiger partial charge in [-0.3, -0.25) is 0 Å². The maximum Gasteiger partial charge on any atom is 0.0469 e. The molecule has 2 rings (SSSR count). The lowest BCUT2D eigenvalue weighted by Crippen LogP contribution is -2.27. The van der Waals surface area contributed by atoms with Crippen LogP contribution in [0, 0.1) is 5.92 Å². The van der Waals surface area contributed by atoms with Crippen molar-refractivity contribution in [3.8, 4) is 0 Å².